The summed E-state index contributed by atoms with van der Waals surface area (Å²) in [5, 5.41) is 3.38. The van der Waals surface area contributed by atoms with E-state index in [-0.39, 0.29) is 41.5 Å². The predicted octanol–water partition coefficient (Wildman–Crippen LogP) is 1.51. The number of hydrogen-bond acceptors (Lipinski definition) is 4. The van der Waals surface area contributed by atoms with Crippen LogP contribution < -0.4 is 10.2 Å². The zero-order valence-corrected chi connectivity index (χ0v) is 20.1. The summed E-state index contributed by atoms with van der Waals surface area (Å²) in [6, 6.07) is 0.188. The topological polar surface area (TPSA) is 69.0 Å². The third kappa shape index (κ3) is 5.05. The van der Waals surface area contributed by atoms with Crippen molar-refractivity contribution in [3.05, 3.63) is 11.9 Å². The van der Waals surface area contributed by atoms with Crippen LogP contribution in [0.5, 0.6) is 0 Å². The van der Waals surface area contributed by atoms with Crippen molar-refractivity contribution in [2.24, 2.45) is 12.0 Å². The number of aromatic nitrogens is 2. The normalized spacial score (nSPS) is 17.2. The van der Waals surface area contributed by atoms with Crippen LogP contribution in [0.3, 0.4) is 0 Å². The molecule has 1 fully saturated rings. The highest BCUT2D eigenvalue weighted by molar-refractivity contribution is 14.0. The first-order valence-electron chi connectivity index (χ1n) is 9.04. The van der Waals surface area contributed by atoms with E-state index in [1.807, 2.05) is 46.6 Å². The van der Waals surface area contributed by atoms with Crippen molar-refractivity contribution in [1.82, 2.24) is 24.7 Å². The van der Waals surface area contributed by atoms with Gasteiger partial charge in [-0.25, -0.2) is 4.98 Å². The Balaban J connectivity index is 0.00000364. The smallest absolute Gasteiger partial charge is 0.242 e. The molecule has 1 saturated heterocycles. The molecule has 0 saturated carbocycles. The summed E-state index contributed by atoms with van der Waals surface area (Å²) in [5.74, 6) is 1.77. The molecule has 154 valence electrons. The molecular formula is C18H34IN7O. The van der Waals surface area contributed by atoms with E-state index in [4.69, 9.17) is 0 Å². The number of carbonyl (C=O) groups is 1. The highest BCUT2D eigenvalue weighted by Crippen LogP contribution is 2.24. The van der Waals surface area contributed by atoms with Crippen LogP contribution in [0.2, 0.25) is 0 Å². The summed E-state index contributed by atoms with van der Waals surface area (Å²) in [6.45, 7) is 10.0. The van der Waals surface area contributed by atoms with Gasteiger partial charge in [0.2, 0.25) is 11.9 Å². The SMILES string of the molecule is CN=C(NCc1cnc(N(C)C)n1C)N1CC(=O)N(C(C)C)C(C)(C)C1.I. The predicted molar refractivity (Wildman–Crippen MR) is 121 cm³/mol. The number of anilines is 1. The van der Waals surface area contributed by atoms with E-state index in [2.05, 4.69) is 43.0 Å². The second kappa shape index (κ2) is 9.11. The average Bonchev–Trinajstić information content (AvgIpc) is 2.87. The first-order valence-corrected chi connectivity index (χ1v) is 9.04. The molecule has 0 spiro atoms. The van der Waals surface area contributed by atoms with Gasteiger partial charge in [-0.15, -0.1) is 24.0 Å². The summed E-state index contributed by atoms with van der Waals surface area (Å²) in [5.41, 5.74) is 0.812. The Morgan fingerprint density at radius 2 is 2.04 bits per heavy atom. The number of aliphatic imine (C=N–C) groups is 1. The summed E-state index contributed by atoms with van der Waals surface area (Å²) in [7, 11) is 7.69. The van der Waals surface area contributed by atoms with Crippen LogP contribution in [0.1, 0.15) is 33.4 Å². The summed E-state index contributed by atoms with van der Waals surface area (Å²) in [6.07, 6.45) is 1.86. The first kappa shape index (κ1) is 23.5. The molecule has 1 aromatic rings. The number of rotatable bonds is 4. The number of nitrogens with one attached hydrogen (secondary N) is 1. The van der Waals surface area contributed by atoms with Crippen LogP contribution in [0, 0.1) is 0 Å². The Bertz CT molecular complexity index is 681. The number of guanidine groups is 1. The molecule has 0 aliphatic carbocycles. The van der Waals surface area contributed by atoms with Crippen molar-refractivity contribution in [3.63, 3.8) is 0 Å². The Morgan fingerprint density at radius 3 is 2.48 bits per heavy atom. The van der Waals surface area contributed by atoms with E-state index in [1.54, 1.807) is 7.05 Å². The van der Waals surface area contributed by atoms with Gasteiger partial charge in [-0.05, 0) is 27.7 Å². The Kier molecular flexibility index (Phi) is 7.94. The number of hydrogen-bond donors (Lipinski definition) is 1. The van der Waals surface area contributed by atoms with E-state index < -0.39 is 0 Å². The van der Waals surface area contributed by atoms with E-state index in [9.17, 15) is 4.79 Å². The minimum absolute atomic E-state index is 0. The fraction of sp³-hybridized carbons (Fsp3) is 0.722. The lowest BCUT2D eigenvalue weighted by Gasteiger charge is -2.49. The van der Waals surface area contributed by atoms with Gasteiger partial charge in [-0.2, -0.15) is 0 Å². The fourth-order valence-electron chi connectivity index (χ4n) is 3.83. The molecule has 0 bridgehead atoms. The molecule has 9 heteroatoms. The first-order chi connectivity index (χ1) is 12.1. The van der Waals surface area contributed by atoms with Crippen molar-refractivity contribution in [3.8, 4) is 0 Å². The molecular weight excluding hydrogens is 457 g/mol. The zero-order chi connectivity index (χ0) is 19.6. The molecule has 1 aliphatic rings. The Hall–Kier alpha value is -1.52. The second-order valence-corrected chi connectivity index (χ2v) is 7.93. The molecule has 1 aromatic heterocycles. The lowest BCUT2D eigenvalue weighted by Crippen LogP contribution is -2.66. The highest BCUT2D eigenvalue weighted by atomic mass is 127. The Labute approximate surface area is 180 Å². The molecule has 8 nitrogen and oxygen atoms in total. The Morgan fingerprint density at radius 1 is 1.41 bits per heavy atom. The molecule has 1 amide bonds. The van der Waals surface area contributed by atoms with Crippen molar-refractivity contribution in [2.75, 3.05) is 39.1 Å². The van der Waals surface area contributed by atoms with Gasteiger partial charge in [0, 0.05) is 40.8 Å². The van der Waals surface area contributed by atoms with Gasteiger partial charge in [-0.3, -0.25) is 9.79 Å². The van der Waals surface area contributed by atoms with Crippen LogP contribution in [0.25, 0.3) is 0 Å². The number of carbonyl (C=O) groups excluding carboxylic acids is 1. The molecule has 0 aromatic carbocycles. The van der Waals surface area contributed by atoms with Gasteiger partial charge in [0.1, 0.15) is 0 Å². The highest BCUT2D eigenvalue weighted by Gasteiger charge is 2.40. The lowest BCUT2D eigenvalue weighted by atomic mass is 9.96. The fourth-order valence-corrected chi connectivity index (χ4v) is 3.83. The minimum atomic E-state index is -0.244. The third-order valence-electron chi connectivity index (χ3n) is 4.74. The molecule has 2 heterocycles. The molecule has 2 rings (SSSR count). The number of halogens is 1. The zero-order valence-electron chi connectivity index (χ0n) is 17.8. The molecule has 0 radical (unpaired) electrons. The van der Waals surface area contributed by atoms with Crippen LogP contribution in [-0.2, 0) is 18.4 Å². The van der Waals surface area contributed by atoms with E-state index in [0.29, 0.717) is 13.1 Å². The molecule has 0 unspecified atom stereocenters. The van der Waals surface area contributed by atoms with Crippen molar-refractivity contribution in [2.45, 2.75) is 45.8 Å². The summed E-state index contributed by atoms with van der Waals surface area (Å²) >= 11 is 0. The quantitative estimate of drug-likeness (QED) is 0.393. The maximum atomic E-state index is 12.7. The van der Waals surface area contributed by atoms with Crippen LogP contribution in [-0.4, -0.2) is 77.0 Å². The number of nitrogens with zero attached hydrogens (tertiary/aromatic N) is 6. The van der Waals surface area contributed by atoms with Crippen LogP contribution in [0.15, 0.2) is 11.2 Å². The van der Waals surface area contributed by atoms with Gasteiger partial charge in [0.15, 0.2) is 5.96 Å². The van der Waals surface area contributed by atoms with Gasteiger partial charge >= 0.3 is 0 Å². The molecule has 1 N–H and O–H groups in total. The van der Waals surface area contributed by atoms with Crippen molar-refractivity contribution >= 4 is 41.8 Å². The summed E-state index contributed by atoms with van der Waals surface area (Å²) < 4.78 is 2.05. The molecule has 27 heavy (non-hydrogen) atoms. The second-order valence-electron chi connectivity index (χ2n) is 7.93. The summed E-state index contributed by atoms with van der Waals surface area (Å²) in [4.78, 5) is 27.5. The molecule has 0 atom stereocenters. The maximum absolute atomic E-state index is 12.7. The lowest BCUT2D eigenvalue weighted by molar-refractivity contribution is -0.145. The number of piperazine rings is 1. The maximum Gasteiger partial charge on any atom is 0.242 e. The monoisotopic (exact) mass is 491 g/mol. The van der Waals surface area contributed by atoms with E-state index >= 15 is 0 Å². The van der Waals surface area contributed by atoms with Gasteiger partial charge in [0.25, 0.3) is 0 Å². The number of amides is 1. The minimum Gasteiger partial charge on any atom is -0.351 e. The van der Waals surface area contributed by atoms with Crippen LogP contribution in [0.4, 0.5) is 5.95 Å². The molecule has 1 aliphatic heterocycles. The standard InChI is InChI=1S/C18H33N7O.HI/c1-13(2)25-15(26)11-24(12-18(25,3)4)16(19-5)20-9-14-10-21-17(22(6)7)23(14)8;/h10,13H,9,11-12H2,1-8H3,(H,19,20);1H. The van der Waals surface area contributed by atoms with Crippen molar-refractivity contribution in [1.29, 1.82) is 0 Å². The largest absolute Gasteiger partial charge is 0.351 e. The van der Waals surface area contributed by atoms with Gasteiger partial charge in [0.05, 0.1) is 30.5 Å². The van der Waals surface area contributed by atoms with E-state index in [1.165, 1.54) is 0 Å². The third-order valence-corrected chi connectivity index (χ3v) is 4.74. The average molecular weight is 491 g/mol. The van der Waals surface area contributed by atoms with Gasteiger partial charge < -0.3 is 24.6 Å². The van der Waals surface area contributed by atoms with E-state index in [0.717, 1.165) is 24.1 Å². The van der Waals surface area contributed by atoms with Gasteiger partial charge in [-0.1, -0.05) is 0 Å². The van der Waals surface area contributed by atoms with Crippen molar-refractivity contribution < 1.29 is 4.79 Å². The number of imidazole rings is 1. The van der Waals surface area contributed by atoms with Crippen LogP contribution >= 0.6 is 24.0 Å².